The Bertz CT molecular complexity index is 193. The second kappa shape index (κ2) is 8.51. The van der Waals surface area contributed by atoms with E-state index in [-0.39, 0.29) is 6.42 Å². The molecule has 0 bridgehead atoms. The van der Waals surface area contributed by atoms with E-state index >= 15 is 0 Å². The zero-order valence-corrected chi connectivity index (χ0v) is 12.8. The van der Waals surface area contributed by atoms with Gasteiger partial charge in [0.1, 0.15) is 0 Å². The molecule has 0 heterocycles. The van der Waals surface area contributed by atoms with Crippen molar-refractivity contribution >= 4 is 5.97 Å². The van der Waals surface area contributed by atoms with Crippen molar-refractivity contribution in [2.45, 2.75) is 52.9 Å². The van der Waals surface area contributed by atoms with Gasteiger partial charge in [0.15, 0.2) is 0 Å². The van der Waals surface area contributed by atoms with Gasteiger partial charge in [0.2, 0.25) is 0 Å². The Morgan fingerprint density at radius 2 is 1.41 bits per heavy atom. The van der Waals surface area contributed by atoms with E-state index in [4.69, 9.17) is 0 Å². The molecule has 0 unspecified atom stereocenters. The molecule has 0 rings (SSSR count). The molecule has 0 saturated heterocycles. The van der Waals surface area contributed by atoms with Crippen LogP contribution in [-0.4, -0.2) is 38.6 Å². The molecule has 0 aliphatic heterocycles. The third-order valence-electron chi connectivity index (χ3n) is 1.81. The lowest BCUT2D eigenvalue weighted by Crippen LogP contribution is -2.27. The van der Waals surface area contributed by atoms with Crippen molar-refractivity contribution in [3.63, 3.8) is 0 Å². The molecule has 104 valence electrons. The first-order valence-electron chi connectivity index (χ1n) is 6.40. The number of quaternary nitrogens is 1. The van der Waals surface area contributed by atoms with Gasteiger partial charge in [-0.3, -0.25) is 0 Å². The van der Waals surface area contributed by atoms with E-state index in [0.29, 0.717) is 5.41 Å². The monoisotopic (exact) mass is 245 g/mol. The number of carboxylic acid groups (broad SMARTS) is 1. The third-order valence-corrected chi connectivity index (χ3v) is 1.81. The van der Waals surface area contributed by atoms with Crippen molar-refractivity contribution in [3.05, 3.63) is 0 Å². The average Bonchev–Trinajstić information content (AvgIpc) is 1.97. The second-order valence-electron chi connectivity index (χ2n) is 7.18. The minimum atomic E-state index is -0.925. The first-order valence-corrected chi connectivity index (χ1v) is 6.40. The summed E-state index contributed by atoms with van der Waals surface area (Å²) >= 11 is 0. The molecular weight excluding hydrogens is 214 g/mol. The molecule has 0 N–H and O–H groups in total. The highest BCUT2D eigenvalue weighted by Gasteiger charge is 2.08. The van der Waals surface area contributed by atoms with Crippen LogP contribution in [0.25, 0.3) is 0 Å². The van der Waals surface area contributed by atoms with Gasteiger partial charge in [-0.05, 0) is 24.7 Å². The van der Waals surface area contributed by atoms with Crippen LogP contribution < -0.4 is 5.11 Å². The van der Waals surface area contributed by atoms with Gasteiger partial charge in [0.25, 0.3) is 0 Å². The van der Waals surface area contributed by atoms with E-state index < -0.39 is 5.97 Å². The number of rotatable bonds is 5. The molecule has 0 aliphatic carbocycles. The van der Waals surface area contributed by atoms with E-state index in [0.717, 1.165) is 23.7 Å². The van der Waals surface area contributed by atoms with Crippen molar-refractivity contribution in [3.8, 4) is 0 Å². The van der Waals surface area contributed by atoms with Crippen molar-refractivity contribution in [2.24, 2.45) is 5.41 Å². The number of unbranched alkanes of at least 4 members (excludes halogenated alkanes) is 2. The van der Waals surface area contributed by atoms with Gasteiger partial charge in [0.05, 0.1) is 28.2 Å². The minimum absolute atomic E-state index is 0.212. The van der Waals surface area contributed by atoms with Crippen molar-refractivity contribution < 1.29 is 14.4 Å². The van der Waals surface area contributed by atoms with Crippen LogP contribution in [0.4, 0.5) is 0 Å². The predicted molar refractivity (Wildman–Crippen MR) is 71.5 cm³/mol. The van der Waals surface area contributed by atoms with Gasteiger partial charge < -0.3 is 14.4 Å². The lowest BCUT2D eigenvalue weighted by atomic mass is 9.89. The molecule has 0 atom stereocenters. The summed E-state index contributed by atoms with van der Waals surface area (Å²) in [4.78, 5) is 10.0. The number of carbonyl (C=O) groups excluding carboxylic acids is 1. The summed E-state index contributed by atoms with van der Waals surface area (Å²) in [6, 6.07) is 0. The summed E-state index contributed by atoms with van der Waals surface area (Å²) in [7, 11) is 8.50. The lowest BCUT2D eigenvalue weighted by molar-refractivity contribution is -0.849. The molecular formula is C14H31NO2. The molecule has 17 heavy (non-hydrogen) atoms. The van der Waals surface area contributed by atoms with Gasteiger partial charge in [-0.2, -0.15) is 0 Å². The topological polar surface area (TPSA) is 40.1 Å². The molecule has 0 fully saturated rings. The Hall–Kier alpha value is -0.570. The maximum Gasteiger partial charge on any atom is 0.0675 e. The third kappa shape index (κ3) is 39.2. The second-order valence-corrected chi connectivity index (χ2v) is 7.18. The van der Waals surface area contributed by atoms with E-state index in [9.17, 15) is 9.90 Å². The normalized spacial score (nSPS) is 11.7. The predicted octanol–water partition coefficient (Wildman–Crippen LogP) is 2.06. The van der Waals surface area contributed by atoms with Gasteiger partial charge in [-0.25, -0.2) is 0 Å². The van der Waals surface area contributed by atoms with Crippen LogP contribution in [0.3, 0.4) is 0 Å². The van der Waals surface area contributed by atoms with E-state index in [1.807, 2.05) is 0 Å². The molecule has 3 heteroatoms. The molecule has 0 aliphatic rings. The summed E-state index contributed by atoms with van der Waals surface area (Å²) in [6.45, 7) is 6.60. The molecule has 0 radical (unpaired) electrons. The lowest BCUT2D eigenvalue weighted by Gasteiger charge is -2.17. The number of carboxylic acids is 1. The first-order chi connectivity index (χ1) is 7.42. The Labute approximate surface area is 107 Å². The quantitative estimate of drug-likeness (QED) is 0.549. The Morgan fingerprint density at radius 3 is 1.71 bits per heavy atom. The number of aliphatic carboxylic acids is 1. The summed E-state index contributed by atoms with van der Waals surface area (Å²) in [6.07, 6.45) is 4.27. The van der Waals surface area contributed by atoms with Gasteiger partial charge >= 0.3 is 0 Å². The van der Waals surface area contributed by atoms with Crippen LogP contribution in [0.2, 0.25) is 0 Å². The molecule has 0 amide bonds. The fourth-order valence-corrected chi connectivity index (χ4v) is 1.10. The van der Waals surface area contributed by atoms with Crippen molar-refractivity contribution in [1.82, 2.24) is 0 Å². The van der Waals surface area contributed by atoms with Crippen molar-refractivity contribution in [1.29, 1.82) is 0 Å². The van der Waals surface area contributed by atoms with E-state index in [1.54, 1.807) is 0 Å². The summed E-state index contributed by atoms with van der Waals surface area (Å²) in [5.41, 5.74) is 0.376. The highest BCUT2D eigenvalue weighted by Crippen LogP contribution is 2.22. The van der Waals surface area contributed by atoms with Crippen LogP contribution in [0.15, 0.2) is 0 Å². The fraction of sp³-hybridized carbons (Fsp3) is 0.929. The SMILES string of the molecule is CC(C)(C)CCCCCC(=O)[O-].C[N+](C)(C)C. The zero-order valence-electron chi connectivity index (χ0n) is 12.8. The molecule has 0 aromatic carbocycles. The highest BCUT2D eigenvalue weighted by atomic mass is 16.4. The summed E-state index contributed by atoms with van der Waals surface area (Å²) < 4.78 is 1.00. The van der Waals surface area contributed by atoms with Crippen LogP contribution in [0.5, 0.6) is 0 Å². The van der Waals surface area contributed by atoms with Gasteiger partial charge in [0, 0.05) is 5.97 Å². The maximum absolute atomic E-state index is 10.0. The molecule has 0 saturated carbocycles. The fourth-order valence-electron chi connectivity index (χ4n) is 1.10. The maximum atomic E-state index is 10.0. The van der Waals surface area contributed by atoms with E-state index in [1.165, 1.54) is 6.42 Å². The average molecular weight is 245 g/mol. The Morgan fingerprint density at radius 1 is 1.00 bits per heavy atom. The van der Waals surface area contributed by atoms with Crippen molar-refractivity contribution in [2.75, 3.05) is 28.2 Å². The number of nitrogens with zero attached hydrogens (tertiary/aromatic N) is 1. The number of hydrogen-bond acceptors (Lipinski definition) is 2. The minimum Gasteiger partial charge on any atom is -0.550 e. The molecule has 3 nitrogen and oxygen atoms in total. The van der Waals surface area contributed by atoms with Crippen LogP contribution in [0, 0.1) is 5.41 Å². The van der Waals surface area contributed by atoms with E-state index in [2.05, 4.69) is 49.0 Å². The molecule has 0 aromatic rings. The summed E-state index contributed by atoms with van der Waals surface area (Å²) in [5, 5.41) is 10.0. The largest absolute Gasteiger partial charge is 0.550 e. The number of hydrogen-bond donors (Lipinski definition) is 0. The smallest absolute Gasteiger partial charge is 0.0675 e. The Kier molecular flexibility index (Phi) is 9.40. The Balaban J connectivity index is 0. The summed E-state index contributed by atoms with van der Waals surface area (Å²) in [5.74, 6) is -0.925. The van der Waals surface area contributed by atoms with Gasteiger partial charge in [-0.1, -0.05) is 33.6 Å². The van der Waals surface area contributed by atoms with Gasteiger partial charge in [-0.15, -0.1) is 0 Å². The first kappa shape index (κ1) is 18.8. The van der Waals surface area contributed by atoms with Crippen LogP contribution in [0.1, 0.15) is 52.9 Å². The molecule has 0 aromatic heterocycles. The molecule has 0 spiro atoms. The zero-order chi connectivity index (χ0) is 14.1. The number of carbonyl (C=O) groups is 1. The standard InChI is InChI=1S/C10H20O2.C4H12N/c1-10(2,3)8-6-4-5-7-9(11)12;1-5(2,3)4/h4-8H2,1-3H3,(H,11,12);1-4H3/q;+1/p-1. The van der Waals surface area contributed by atoms with Crippen LogP contribution in [-0.2, 0) is 4.79 Å². The highest BCUT2D eigenvalue weighted by molar-refractivity contribution is 5.63. The van der Waals surface area contributed by atoms with Crippen LogP contribution >= 0.6 is 0 Å².